The van der Waals surface area contributed by atoms with Crippen molar-refractivity contribution in [2.45, 2.75) is 110 Å². The molecule has 17 nitrogen and oxygen atoms in total. The summed E-state index contributed by atoms with van der Waals surface area (Å²) in [5.41, 5.74) is 5.00. The number of amides is 4. The molecule has 4 N–H and O–H groups in total. The van der Waals surface area contributed by atoms with Crippen LogP contribution in [0.4, 0.5) is 0 Å². The molecule has 0 radical (unpaired) electrons. The molecule has 1 aromatic heterocycles. The van der Waals surface area contributed by atoms with Gasteiger partial charge >= 0.3 is 11.9 Å². The second-order valence-electron chi connectivity index (χ2n) is 20.8. The van der Waals surface area contributed by atoms with Gasteiger partial charge in [-0.05, 0) is 97.9 Å². The molecule has 3 aliphatic heterocycles. The minimum atomic E-state index is -2.31. The van der Waals surface area contributed by atoms with Gasteiger partial charge < -0.3 is 44.3 Å². The van der Waals surface area contributed by atoms with Gasteiger partial charge in [-0.2, -0.15) is 5.43 Å². The van der Waals surface area contributed by atoms with Gasteiger partial charge in [0.05, 0.1) is 18.8 Å². The van der Waals surface area contributed by atoms with E-state index in [4.69, 9.17) is 9.47 Å². The van der Waals surface area contributed by atoms with Gasteiger partial charge in [-0.25, -0.2) is 4.79 Å². The second kappa shape index (κ2) is 20.7. The van der Waals surface area contributed by atoms with E-state index in [2.05, 4.69) is 58.0 Å². The van der Waals surface area contributed by atoms with E-state index in [0.29, 0.717) is 30.6 Å². The van der Waals surface area contributed by atoms with Gasteiger partial charge in [0.25, 0.3) is 11.8 Å². The number of aliphatic hydroxyl groups is 2. The number of benzene rings is 3. The molecule has 4 aromatic rings. The number of hydrogen-bond acceptors (Lipinski definition) is 12. The molecule has 71 heavy (non-hydrogen) atoms. The molecular formula is C54H69N7O10. The minimum Gasteiger partial charge on any atom is -0.462 e. The summed E-state index contributed by atoms with van der Waals surface area (Å²) < 4.78 is 14.0. The summed E-state index contributed by atoms with van der Waals surface area (Å²) in [6.45, 7) is 15.5. The van der Waals surface area contributed by atoms with E-state index in [0.717, 1.165) is 54.8 Å². The van der Waals surface area contributed by atoms with E-state index in [1.54, 1.807) is 26.0 Å². The van der Waals surface area contributed by atoms with Gasteiger partial charge in [-0.3, -0.25) is 29.0 Å². The Bertz CT molecular complexity index is 2750. The first-order valence-electron chi connectivity index (χ1n) is 24.4. The maximum Gasteiger partial charge on any atom is 0.355 e. The molecule has 0 spiro atoms. The summed E-state index contributed by atoms with van der Waals surface area (Å²) >= 11 is 0. The number of nitrogens with zero attached hydrogens (tertiary/aromatic N) is 5. The van der Waals surface area contributed by atoms with Crippen molar-refractivity contribution in [3.63, 3.8) is 0 Å². The fourth-order valence-corrected chi connectivity index (χ4v) is 10.4. The van der Waals surface area contributed by atoms with Crippen molar-refractivity contribution in [1.82, 2.24) is 35.0 Å². The van der Waals surface area contributed by atoms with Crippen molar-refractivity contribution >= 4 is 46.5 Å². The lowest BCUT2D eigenvalue weighted by Crippen LogP contribution is -2.67. The Morgan fingerprint density at radius 1 is 1.00 bits per heavy atom. The third kappa shape index (κ3) is 11.1. The van der Waals surface area contributed by atoms with Crippen molar-refractivity contribution < 1.29 is 48.5 Å². The van der Waals surface area contributed by atoms with Crippen LogP contribution in [0, 0.1) is 11.3 Å². The van der Waals surface area contributed by atoms with Crippen LogP contribution in [0.5, 0.6) is 5.75 Å². The SMILES string of the molecule is C=CC(=O)N1CCC(O)(C(=O)N(C)[C@H](C(=O)N[C@H]2Cc3cc(OC(C)=O)cc(c3)-c3ccc4c(c3)c(c(-c3ccccc3CN(C)C)n4CC)CC(C)(C)COC(=O)[C@@]3(O)CCCN(N3)C2=O)C(C)C)C1. The molecule has 17 heteroatoms. The number of nitrogens with one attached hydrogen (secondary N) is 2. The van der Waals surface area contributed by atoms with Crippen LogP contribution >= 0.6 is 0 Å². The van der Waals surface area contributed by atoms with Gasteiger partial charge in [0.15, 0.2) is 5.60 Å². The number of aromatic nitrogens is 1. The van der Waals surface area contributed by atoms with Crippen molar-refractivity contribution in [3.05, 3.63) is 90.0 Å². The molecule has 7 rings (SSSR count). The molecular weight excluding hydrogens is 907 g/mol. The lowest BCUT2D eigenvalue weighted by atomic mass is 9.83. The average molecular weight is 976 g/mol. The molecule has 6 bridgehead atoms. The van der Waals surface area contributed by atoms with Crippen LogP contribution in [0.2, 0.25) is 0 Å². The molecule has 1 unspecified atom stereocenters. The Morgan fingerprint density at radius 3 is 2.41 bits per heavy atom. The zero-order valence-corrected chi connectivity index (χ0v) is 42.5. The number of rotatable bonds is 11. The second-order valence-corrected chi connectivity index (χ2v) is 20.8. The van der Waals surface area contributed by atoms with E-state index < -0.39 is 70.3 Å². The van der Waals surface area contributed by atoms with Crippen molar-refractivity contribution in [2.75, 3.05) is 47.4 Å². The Balaban J connectivity index is 1.37. The summed E-state index contributed by atoms with van der Waals surface area (Å²) in [6, 6.07) is 17.2. The van der Waals surface area contributed by atoms with Crippen LogP contribution in [0.3, 0.4) is 0 Å². The van der Waals surface area contributed by atoms with E-state index >= 15 is 0 Å². The van der Waals surface area contributed by atoms with Crippen LogP contribution in [0.25, 0.3) is 33.3 Å². The number of carbonyl (C=O) groups is 6. The largest absolute Gasteiger partial charge is 0.462 e. The number of aryl methyl sites for hydroxylation is 1. The number of carbonyl (C=O) groups excluding carboxylic acids is 6. The highest BCUT2D eigenvalue weighted by Crippen LogP contribution is 2.42. The lowest BCUT2D eigenvalue weighted by Gasteiger charge is -2.40. The quantitative estimate of drug-likeness (QED) is 0.0928. The highest BCUT2D eigenvalue weighted by Gasteiger charge is 2.49. The molecule has 4 atom stereocenters. The number of cyclic esters (lactones) is 1. The third-order valence-electron chi connectivity index (χ3n) is 13.7. The Hall–Kier alpha value is -6.40. The maximum atomic E-state index is 14.9. The van der Waals surface area contributed by atoms with Crippen LogP contribution < -0.4 is 15.5 Å². The maximum absolute atomic E-state index is 14.9. The average Bonchev–Trinajstić information content (AvgIpc) is 3.86. The molecule has 4 heterocycles. The smallest absolute Gasteiger partial charge is 0.355 e. The summed E-state index contributed by atoms with van der Waals surface area (Å²) in [5, 5.41) is 28.5. The van der Waals surface area contributed by atoms with E-state index in [9.17, 15) is 39.0 Å². The normalized spacial score (nSPS) is 22.0. The molecule has 0 aliphatic carbocycles. The first-order valence-corrected chi connectivity index (χ1v) is 24.4. The highest BCUT2D eigenvalue weighted by molar-refractivity contribution is 5.97. The van der Waals surface area contributed by atoms with Gasteiger partial charge in [-0.15, -0.1) is 0 Å². The van der Waals surface area contributed by atoms with Crippen molar-refractivity contribution in [2.24, 2.45) is 11.3 Å². The lowest BCUT2D eigenvalue weighted by molar-refractivity contribution is -0.189. The van der Waals surface area contributed by atoms with Gasteiger partial charge in [0.2, 0.25) is 17.5 Å². The highest BCUT2D eigenvalue weighted by atomic mass is 16.6. The molecule has 2 fully saturated rings. The monoisotopic (exact) mass is 976 g/mol. The number of hydrogen-bond donors (Lipinski definition) is 4. The summed E-state index contributed by atoms with van der Waals surface area (Å²) in [4.78, 5) is 87.3. The topological polar surface area (TPSA) is 203 Å². The summed E-state index contributed by atoms with van der Waals surface area (Å²) in [5.74, 6) is -4.50. The summed E-state index contributed by atoms with van der Waals surface area (Å²) in [7, 11) is 5.46. The minimum absolute atomic E-state index is 0.0548. The number of ether oxygens (including phenoxy) is 2. The predicted molar refractivity (Wildman–Crippen MR) is 268 cm³/mol. The van der Waals surface area contributed by atoms with E-state index in [1.165, 1.54) is 18.9 Å². The number of likely N-dealkylation sites (tertiary alicyclic amines) is 1. The molecule has 0 saturated carbocycles. The Morgan fingerprint density at radius 2 is 1.73 bits per heavy atom. The van der Waals surface area contributed by atoms with Crippen LogP contribution in [-0.2, 0) is 59.4 Å². The standard InChI is InChI=1S/C54H69N7O10/c1-11-45(63)59-23-21-53(68,31-59)50(66)58(10)46(33(3)4)48(64)55-43-26-35-24-38(27-39(25-35)71-34(5)62)36-18-19-44-41(28-36)42(47(60(44)12-2)40-17-14-13-16-37(40)30-57(8)9)29-52(6,7)32-70-51(67)54(69)20-15-22-61(56-54)49(43)65/h11,13-14,16-19,24-25,27-28,33,43,46,56,68-69H,1,12,15,20-23,26,29-32H2,2-10H3,(H,55,64)/t43-,46-,53?,54-/m0/s1. The molecule has 3 aliphatic rings. The van der Waals surface area contributed by atoms with Crippen molar-refractivity contribution in [3.8, 4) is 28.1 Å². The molecule has 2 saturated heterocycles. The Kier molecular flexibility index (Phi) is 15.3. The van der Waals surface area contributed by atoms with Gasteiger partial charge in [0, 0.05) is 81.3 Å². The zero-order valence-electron chi connectivity index (χ0n) is 42.5. The zero-order chi connectivity index (χ0) is 51.7. The van der Waals surface area contributed by atoms with E-state index in [1.807, 2.05) is 52.2 Å². The van der Waals surface area contributed by atoms with Crippen molar-refractivity contribution in [1.29, 1.82) is 0 Å². The molecule has 4 amide bonds. The first kappa shape index (κ1) is 52.4. The molecule has 3 aromatic carbocycles. The molecule has 380 valence electrons. The number of β-amino-alcohol motifs (C(OH)–C–C–N with tert-alkyl or cyclic N) is 1. The third-order valence-corrected chi connectivity index (χ3v) is 13.7. The summed E-state index contributed by atoms with van der Waals surface area (Å²) in [6.07, 6.45) is 1.48. The Labute approximate surface area is 415 Å². The van der Waals surface area contributed by atoms with Crippen LogP contribution in [0.1, 0.15) is 77.5 Å². The van der Waals surface area contributed by atoms with Gasteiger partial charge in [-0.1, -0.05) is 70.7 Å². The number of fused-ring (bicyclic) bond motifs is 6. The van der Waals surface area contributed by atoms with E-state index in [-0.39, 0.29) is 57.7 Å². The fourth-order valence-electron chi connectivity index (χ4n) is 10.4. The number of hydrazine groups is 1. The first-order chi connectivity index (χ1) is 33.5. The predicted octanol–water partition coefficient (Wildman–Crippen LogP) is 4.58. The number of likely N-dealkylation sites (N-methyl/N-ethyl adjacent to an activating group) is 1. The van der Waals surface area contributed by atoms with Crippen LogP contribution in [0.15, 0.2) is 73.3 Å². The van der Waals surface area contributed by atoms with Gasteiger partial charge in [0.1, 0.15) is 17.8 Å². The fraction of sp³-hybridized carbons (Fsp3) is 0.481. The van der Waals surface area contributed by atoms with Crippen LogP contribution in [-0.4, -0.2) is 141 Å². The number of esters is 2.